The summed E-state index contributed by atoms with van der Waals surface area (Å²) in [5.74, 6) is 1.17. The topological polar surface area (TPSA) is 72.5 Å². The summed E-state index contributed by atoms with van der Waals surface area (Å²) in [5.41, 5.74) is 3.16. The lowest BCUT2D eigenvalue weighted by Crippen LogP contribution is -2.44. The number of hydrogen-bond acceptors (Lipinski definition) is 7. The van der Waals surface area contributed by atoms with E-state index in [0.29, 0.717) is 29.2 Å². The van der Waals surface area contributed by atoms with Crippen molar-refractivity contribution >= 4 is 5.78 Å². The van der Waals surface area contributed by atoms with Crippen LogP contribution >= 0.6 is 0 Å². The predicted molar refractivity (Wildman–Crippen MR) is 131 cm³/mol. The average molecular weight is 479 g/mol. The van der Waals surface area contributed by atoms with E-state index in [1.807, 2.05) is 48.5 Å². The fraction of sp³-hybridized carbons (Fsp3) is 0.321. The van der Waals surface area contributed by atoms with Crippen molar-refractivity contribution in [1.29, 1.82) is 0 Å². The Morgan fingerprint density at radius 1 is 0.714 bits per heavy atom. The minimum atomic E-state index is -1.51. The van der Waals surface area contributed by atoms with Crippen LogP contribution in [0.3, 0.4) is 0 Å². The van der Waals surface area contributed by atoms with E-state index in [9.17, 15) is 4.79 Å². The molecule has 0 aromatic heterocycles. The molecule has 7 heteroatoms. The van der Waals surface area contributed by atoms with Crippen LogP contribution in [-0.4, -0.2) is 47.1 Å². The first-order valence-electron chi connectivity index (χ1n) is 11.3. The molecule has 0 saturated carbocycles. The van der Waals surface area contributed by atoms with Crippen molar-refractivity contribution in [2.75, 3.05) is 35.5 Å². The van der Waals surface area contributed by atoms with Crippen LogP contribution in [0.5, 0.6) is 28.7 Å². The van der Waals surface area contributed by atoms with E-state index in [1.165, 1.54) is 14.2 Å². The number of hydrogen-bond donors (Lipinski definition) is 0. The molecule has 0 radical (unpaired) electrons. The first-order valence-corrected chi connectivity index (χ1v) is 11.3. The molecule has 0 unspecified atom stereocenters. The first kappa shape index (κ1) is 24.4. The van der Waals surface area contributed by atoms with E-state index < -0.39 is 5.79 Å². The van der Waals surface area contributed by atoms with Crippen LogP contribution in [-0.2, 0) is 24.0 Å². The number of Topliss-reactive ketones (excluding diaryl/α,β-unsaturated/α-hetero) is 1. The molecule has 1 atom stereocenters. The predicted octanol–water partition coefficient (Wildman–Crippen LogP) is 4.67. The van der Waals surface area contributed by atoms with Crippen LogP contribution in [0.4, 0.5) is 0 Å². The van der Waals surface area contributed by atoms with Gasteiger partial charge in [0.2, 0.25) is 5.78 Å². The summed E-state index contributed by atoms with van der Waals surface area (Å²) < 4.78 is 33.9. The van der Waals surface area contributed by atoms with Gasteiger partial charge >= 0.3 is 0 Å². The second kappa shape index (κ2) is 10.3. The highest BCUT2D eigenvalue weighted by atomic mass is 16.7. The smallest absolute Gasteiger partial charge is 0.279 e. The van der Waals surface area contributed by atoms with Crippen molar-refractivity contribution in [2.45, 2.75) is 25.0 Å². The molecule has 0 aliphatic carbocycles. The van der Waals surface area contributed by atoms with Crippen molar-refractivity contribution in [3.63, 3.8) is 0 Å². The van der Waals surface area contributed by atoms with Crippen LogP contribution in [0.25, 0.3) is 0 Å². The van der Waals surface area contributed by atoms with Gasteiger partial charge in [0.25, 0.3) is 5.79 Å². The zero-order valence-corrected chi connectivity index (χ0v) is 20.7. The zero-order valence-electron chi connectivity index (χ0n) is 20.7. The number of fused-ring (bicyclic) bond motifs is 1. The van der Waals surface area contributed by atoms with Gasteiger partial charge in [-0.2, -0.15) is 0 Å². The minimum Gasteiger partial charge on any atom is -0.497 e. The van der Waals surface area contributed by atoms with E-state index >= 15 is 0 Å². The number of carbonyl (C=O) groups excluding carboxylic acids is 1. The lowest BCUT2D eigenvalue weighted by atomic mass is 9.95. The Kier molecular flexibility index (Phi) is 7.17. The zero-order chi connectivity index (χ0) is 25.0. The Balaban J connectivity index is 1.70. The maximum absolute atomic E-state index is 13.7. The van der Waals surface area contributed by atoms with Gasteiger partial charge in [-0.1, -0.05) is 24.3 Å². The third-order valence-corrected chi connectivity index (χ3v) is 6.34. The SMILES string of the molecule is COc1ccc(CCc2c(OC)cc(OC)c3c2O[C@@](Cc2ccc(OC)cc2)(OC)C3=O)cc1. The third-order valence-electron chi connectivity index (χ3n) is 6.34. The Labute approximate surface area is 205 Å². The number of ketones is 1. The largest absolute Gasteiger partial charge is 0.497 e. The van der Waals surface area contributed by atoms with Crippen molar-refractivity contribution in [3.05, 3.63) is 76.9 Å². The van der Waals surface area contributed by atoms with Gasteiger partial charge < -0.3 is 28.4 Å². The normalized spacial score (nSPS) is 16.4. The number of methoxy groups -OCH3 is 5. The van der Waals surface area contributed by atoms with Gasteiger partial charge in [0.15, 0.2) is 0 Å². The second-order valence-corrected chi connectivity index (χ2v) is 8.22. The molecule has 7 nitrogen and oxygen atoms in total. The number of ether oxygens (including phenoxy) is 6. The molecule has 0 fully saturated rings. The van der Waals surface area contributed by atoms with Crippen LogP contribution in [0, 0.1) is 0 Å². The average Bonchev–Trinajstić information content (AvgIpc) is 3.19. The molecule has 1 aliphatic rings. The highest BCUT2D eigenvalue weighted by Gasteiger charge is 2.51. The van der Waals surface area contributed by atoms with Crippen LogP contribution in [0.2, 0.25) is 0 Å². The molecule has 0 bridgehead atoms. The number of carbonyl (C=O) groups is 1. The van der Waals surface area contributed by atoms with E-state index in [-0.39, 0.29) is 12.2 Å². The molecule has 3 aromatic carbocycles. The fourth-order valence-corrected chi connectivity index (χ4v) is 4.36. The van der Waals surface area contributed by atoms with E-state index in [4.69, 9.17) is 28.4 Å². The van der Waals surface area contributed by atoms with Gasteiger partial charge in [-0.05, 0) is 48.2 Å². The summed E-state index contributed by atoms with van der Waals surface area (Å²) in [6.45, 7) is 0. The van der Waals surface area contributed by atoms with Crippen LogP contribution in [0.1, 0.15) is 27.0 Å². The summed E-state index contributed by atoms with van der Waals surface area (Å²) >= 11 is 0. The molecule has 4 rings (SSSR count). The van der Waals surface area contributed by atoms with Crippen LogP contribution in [0.15, 0.2) is 54.6 Å². The molecule has 3 aromatic rings. The third kappa shape index (κ3) is 4.64. The maximum atomic E-state index is 13.7. The Bertz CT molecular complexity index is 1190. The van der Waals surface area contributed by atoms with Crippen LogP contribution < -0.4 is 23.7 Å². The summed E-state index contributed by atoms with van der Waals surface area (Å²) in [5, 5.41) is 0. The molecule has 1 heterocycles. The van der Waals surface area contributed by atoms with Crippen molar-refractivity contribution in [1.82, 2.24) is 0 Å². The van der Waals surface area contributed by atoms with Gasteiger partial charge in [0.05, 0.1) is 28.4 Å². The molecule has 35 heavy (non-hydrogen) atoms. The molecule has 0 N–H and O–H groups in total. The van der Waals surface area contributed by atoms with E-state index in [2.05, 4.69) is 0 Å². The van der Waals surface area contributed by atoms with E-state index in [0.717, 1.165) is 34.6 Å². The molecule has 0 spiro atoms. The van der Waals surface area contributed by atoms with Crippen molar-refractivity contribution < 1.29 is 33.2 Å². The lowest BCUT2D eigenvalue weighted by Gasteiger charge is -2.26. The highest BCUT2D eigenvalue weighted by Crippen LogP contribution is 2.48. The highest BCUT2D eigenvalue weighted by molar-refractivity contribution is 6.09. The molecule has 1 aliphatic heterocycles. The summed E-state index contributed by atoms with van der Waals surface area (Å²) in [7, 11) is 7.85. The van der Waals surface area contributed by atoms with E-state index in [1.54, 1.807) is 27.4 Å². The van der Waals surface area contributed by atoms with Crippen molar-refractivity contribution in [2.24, 2.45) is 0 Å². The number of aryl methyl sites for hydroxylation is 1. The summed E-state index contributed by atoms with van der Waals surface area (Å²) in [4.78, 5) is 13.7. The number of benzene rings is 3. The standard InChI is InChI=1S/C28H30O7/c1-30-20-11-6-18(7-12-20)10-15-22-23(32-3)16-24(33-4)25-26(22)35-28(34-5,27(25)29)17-19-8-13-21(31-2)14-9-19/h6-9,11-14,16H,10,15,17H2,1-5H3/t28-/m1/s1. The fourth-order valence-electron chi connectivity index (χ4n) is 4.36. The van der Waals surface area contributed by atoms with Gasteiger partial charge in [-0.25, -0.2) is 0 Å². The summed E-state index contributed by atoms with van der Waals surface area (Å²) in [6.07, 6.45) is 1.54. The molecular weight excluding hydrogens is 448 g/mol. The quantitative estimate of drug-likeness (QED) is 0.419. The maximum Gasteiger partial charge on any atom is 0.279 e. The van der Waals surface area contributed by atoms with Crippen molar-refractivity contribution in [3.8, 4) is 28.7 Å². The number of rotatable bonds is 10. The van der Waals surface area contributed by atoms with Gasteiger partial charge in [0, 0.05) is 25.2 Å². The minimum absolute atomic E-state index is 0.227. The van der Waals surface area contributed by atoms with Gasteiger partial charge in [0.1, 0.15) is 34.3 Å². The molecule has 0 amide bonds. The summed E-state index contributed by atoms with van der Waals surface area (Å²) in [6, 6.07) is 17.1. The Hall–Kier alpha value is -3.71. The van der Waals surface area contributed by atoms with Gasteiger partial charge in [-0.3, -0.25) is 4.79 Å². The molecule has 184 valence electrons. The second-order valence-electron chi connectivity index (χ2n) is 8.22. The lowest BCUT2D eigenvalue weighted by molar-refractivity contribution is -0.117. The molecule has 0 saturated heterocycles. The first-order chi connectivity index (χ1) is 17.0. The molecular formula is C28H30O7. The Morgan fingerprint density at radius 3 is 1.80 bits per heavy atom. The Morgan fingerprint density at radius 2 is 1.29 bits per heavy atom. The van der Waals surface area contributed by atoms with Gasteiger partial charge in [-0.15, -0.1) is 0 Å². The monoisotopic (exact) mass is 478 g/mol.